The molecule has 0 radical (unpaired) electrons. The van der Waals surface area contributed by atoms with Gasteiger partial charge in [-0.2, -0.15) is 4.31 Å². The minimum absolute atomic E-state index is 0.0586. The fourth-order valence-electron chi connectivity index (χ4n) is 4.48. The molecule has 0 saturated carbocycles. The molecule has 1 fully saturated rings. The molecule has 8 nitrogen and oxygen atoms in total. The van der Waals surface area contributed by atoms with E-state index in [9.17, 15) is 18.0 Å². The van der Waals surface area contributed by atoms with Gasteiger partial charge in [-0.25, -0.2) is 18.0 Å². The van der Waals surface area contributed by atoms with Crippen LogP contribution in [0.1, 0.15) is 36.2 Å². The number of methoxy groups -OCH3 is 1. The second-order valence-corrected chi connectivity index (χ2v) is 10.8. The van der Waals surface area contributed by atoms with Gasteiger partial charge in [-0.3, -0.25) is 0 Å². The summed E-state index contributed by atoms with van der Waals surface area (Å²) in [7, 11) is -2.50. The maximum Gasteiger partial charge on any atom is 0.343 e. The second-order valence-electron chi connectivity index (χ2n) is 8.93. The van der Waals surface area contributed by atoms with Crippen molar-refractivity contribution in [3.63, 3.8) is 0 Å². The van der Waals surface area contributed by atoms with Gasteiger partial charge in [-0.05, 0) is 61.1 Å². The number of benzene rings is 2. The average Bonchev–Trinajstić information content (AvgIpc) is 2.77. The van der Waals surface area contributed by atoms with E-state index in [1.165, 1.54) is 41.7 Å². The maximum absolute atomic E-state index is 13.5. The van der Waals surface area contributed by atoms with Gasteiger partial charge in [0.1, 0.15) is 22.0 Å². The number of aryl methyl sites for hydroxylation is 1. The monoisotopic (exact) mass is 485 g/mol. The van der Waals surface area contributed by atoms with E-state index in [1.54, 1.807) is 19.1 Å². The molecule has 0 amide bonds. The third kappa shape index (κ3) is 4.71. The lowest BCUT2D eigenvalue weighted by atomic mass is 9.94. The predicted molar refractivity (Wildman–Crippen MR) is 127 cm³/mol. The maximum atomic E-state index is 13.5. The van der Waals surface area contributed by atoms with E-state index in [1.807, 2.05) is 13.8 Å². The summed E-state index contributed by atoms with van der Waals surface area (Å²) in [5.41, 5.74) is 0.597. The van der Waals surface area contributed by atoms with Crippen LogP contribution in [-0.2, 0) is 10.0 Å². The van der Waals surface area contributed by atoms with Crippen molar-refractivity contribution in [1.29, 1.82) is 0 Å². The fraction of sp³-hybridized carbons (Fsp3) is 0.360. The minimum Gasteiger partial charge on any atom is -0.495 e. The highest BCUT2D eigenvalue weighted by molar-refractivity contribution is 7.89. The molecule has 3 aromatic rings. The van der Waals surface area contributed by atoms with Gasteiger partial charge in [-0.1, -0.05) is 13.8 Å². The summed E-state index contributed by atoms with van der Waals surface area (Å²) in [4.78, 5) is 24.5. The molecule has 1 aromatic heterocycles. The number of piperidine rings is 1. The molecule has 2 heterocycles. The van der Waals surface area contributed by atoms with Gasteiger partial charge in [0.05, 0.1) is 12.7 Å². The first-order valence-electron chi connectivity index (χ1n) is 11.0. The van der Waals surface area contributed by atoms with Crippen LogP contribution in [0, 0.1) is 18.8 Å². The van der Waals surface area contributed by atoms with E-state index in [0.29, 0.717) is 18.7 Å². The number of rotatable bonds is 5. The fourth-order valence-corrected chi connectivity index (χ4v) is 6.34. The van der Waals surface area contributed by atoms with Gasteiger partial charge in [0.2, 0.25) is 10.0 Å². The zero-order valence-electron chi connectivity index (χ0n) is 19.5. The third-order valence-electron chi connectivity index (χ3n) is 5.99. The highest BCUT2D eigenvalue weighted by Crippen LogP contribution is 2.32. The van der Waals surface area contributed by atoms with Crippen molar-refractivity contribution < 1.29 is 27.1 Å². The number of sulfonamides is 1. The summed E-state index contributed by atoms with van der Waals surface area (Å²) in [5.74, 6) is 0.0490. The summed E-state index contributed by atoms with van der Waals surface area (Å²) < 4.78 is 44.3. The van der Waals surface area contributed by atoms with Crippen LogP contribution in [0.3, 0.4) is 0 Å². The van der Waals surface area contributed by atoms with Crippen molar-refractivity contribution in [2.24, 2.45) is 11.8 Å². The summed E-state index contributed by atoms with van der Waals surface area (Å²) in [6.07, 6.45) is 0.959. The van der Waals surface area contributed by atoms with Gasteiger partial charge in [0.15, 0.2) is 0 Å². The average molecular weight is 486 g/mol. The number of carbonyl (C=O) groups excluding carboxylic acids is 1. The van der Waals surface area contributed by atoms with Crippen molar-refractivity contribution in [3.8, 4) is 11.5 Å². The predicted octanol–water partition coefficient (Wildman–Crippen LogP) is 4.00. The lowest BCUT2D eigenvalue weighted by Crippen LogP contribution is -2.42. The first kappa shape index (κ1) is 24.0. The Hall–Kier alpha value is -3.17. The second kappa shape index (κ2) is 9.23. The van der Waals surface area contributed by atoms with E-state index in [-0.39, 0.29) is 33.8 Å². The Labute approximate surface area is 198 Å². The van der Waals surface area contributed by atoms with Gasteiger partial charge < -0.3 is 13.9 Å². The first-order valence-corrected chi connectivity index (χ1v) is 12.5. The summed E-state index contributed by atoms with van der Waals surface area (Å²) in [6.45, 7) is 6.65. The Morgan fingerprint density at radius 2 is 1.76 bits per heavy atom. The van der Waals surface area contributed by atoms with Gasteiger partial charge in [-0.15, -0.1) is 0 Å². The molecule has 0 N–H and O–H groups in total. The van der Waals surface area contributed by atoms with Crippen molar-refractivity contribution in [1.82, 2.24) is 4.31 Å². The van der Waals surface area contributed by atoms with E-state index >= 15 is 0 Å². The van der Waals surface area contributed by atoms with Crippen molar-refractivity contribution >= 4 is 27.0 Å². The van der Waals surface area contributed by atoms with E-state index in [0.717, 1.165) is 17.4 Å². The first-order chi connectivity index (χ1) is 16.1. The van der Waals surface area contributed by atoms with Crippen LogP contribution >= 0.6 is 0 Å². The lowest BCUT2D eigenvalue weighted by molar-refractivity contribution is 0.0734. The largest absolute Gasteiger partial charge is 0.495 e. The van der Waals surface area contributed by atoms with Crippen LogP contribution in [0.4, 0.5) is 0 Å². The SMILES string of the molecule is COc1ccc(C(=O)Oc2ccc3c(C)cc(=O)oc3c2)cc1S(=O)(=O)N1C[C@H](C)C[C@@H](C)C1. The number of hydrogen-bond donors (Lipinski definition) is 0. The molecule has 1 saturated heterocycles. The smallest absolute Gasteiger partial charge is 0.343 e. The van der Waals surface area contributed by atoms with Gasteiger partial charge >= 0.3 is 11.6 Å². The summed E-state index contributed by atoms with van der Waals surface area (Å²) in [6, 6.07) is 10.3. The highest BCUT2D eigenvalue weighted by atomic mass is 32.2. The number of hydrogen-bond acceptors (Lipinski definition) is 7. The number of fused-ring (bicyclic) bond motifs is 1. The Bertz CT molecular complexity index is 1400. The molecule has 0 unspecified atom stereocenters. The standard InChI is InChI=1S/C25H27NO7S/c1-15-9-16(2)14-26(13-15)34(29,30)23-11-18(5-8-21(23)31-4)25(28)32-19-6-7-20-17(3)10-24(27)33-22(20)12-19/h5-8,10-12,15-16H,9,13-14H2,1-4H3/t15-,16-/m1/s1. The number of carbonyl (C=O) groups is 1. The molecule has 2 atom stereocenters. The van der Waals surface area contributed by atoms with Gasteiger partial charge in [0.25, 0.3) is 0 Å². The van der Waals surface area contributed by atoms with Crippen LogP contribution in [0.2, 0.25) is 0 Å². The number of esters is 1. The van der Waals surface area contributed by atoms with Crippen LogP contribution in [-0.4, -0.2) is 38.9 Å². The summed E-state index contributed by atoms with van der Waals surface area (Å²) >= 11 is 0. The molecule has 2 aromatic carbocycles. The van der Waals surface area contributed by atoms with E-state index in [4.69, 9.17) is 13.9 Å². The number of nitrogens with zero attached hydrogens (tertiary/aromatic N) is 1. The van der Waals surface area contributed by atoms with E-state index < -0.39 is 21.6 Å². The van der Waals surface area contributed by atoms with Crippen LogP contribution in [0.25, 0.3) is 11.0 Å². The Balaban J connectivity index is 1.65. The Morgan fingerprint density at radius 3 is 2.44 bits per heavy atom. The minimum atomic E-state index is -3.89. The summed E-state index contributed by atoms with van der Waals surface area (Å²) in [5, 5.41) is 0.724. The van der Waals surface area contributed by atoms with Gasteiger partial charge in [0, 0.05) is 30.6 Å². The molecule has 34 heavy (non-hydrogen) atoms. The van der Waals surface area contributed by atoms with Crippen LogP contribution in [0.15, 0.2) is 56.6 Å². The zero-order chi connectivity index (χ0) is 24.6. The zero-order valence-corrected chi connectivity index (χ0v) is 20.3. The quantitative estimate of drug-likeness (QED) is 0.306. The molecule has 1 aliphatic heterocycles. The lowest BCUT2D eigenvalue weighted by Gasteiger charge is -2.34. The Morgan fingerprint density at radius 1 is 1.06 bits per heavy atom. The Kier molecular flexibility index (Phi) is 6.51. The molecule has 0 spiro atoms. The van der Waals surface area contributed by atoms with Crippen LogP contribution in [0.5, 0.6) is 11.5 Å². The van der Waals surface area contributed by atoms with Crippen molar-refractivity contribution in [2.75, 3.05) is 20.2 Å². The van der Waals surface area contributed by atoms with Crippen molar-refractivity contribution in [3.05, 3.63) is 64.0 Å². The third-order valence-corrected chi connectivity index (χ3v) is 7.84. The number of ether oxygens (including phenoxy) is 2. The normalized spacial score (nSPS) is 19.2. The highest BCUT2D eigenvalue weighted by Gasteiger charge is 2.34. The molecule has 0 bridgehead atoms. The van der Waals surface area contributed by atoms with Crippen LogP contribution < -0.4 is 15.1 Å². The molecule has 0 aliphatic carbocycles. The van der Waals surface area contributed by atoms with Crippen molar-refractivity contribution in [2.45, 2.75) is 32.1 Å². The molecule has 4 rings (SSSR count). The molecular weight excluding hydrogens is 458 g/mol. The topological polar surface area (TPSA) is 103 Å². The molecule has 9 heteroatoms. The molecular formula is C25H27NO7S. The molecule has 1 aliphatic rings. The molecule has 180 valence electrons. The van der Waals surface area contributed by atoms with E-state index in [2.05, 4.69) is 0 Å².